The zero-order valence-electron chi connectivity index (χ0n) is 12.1. The van der Waals surface area contributed by atoms with Crippen molar-refractivity contribution < 1.29 is 4.79 Å². The molecule has 0 aliphatic heterocycles. The van der Waals surface area contributed by atoms with Crippen LogP contribution in [0.4, 0.5) is 0 Å². The molecule has 1 aromatic rings. The second-order valence-corrected chi connectivity index (χ2v) is 7.44. The van der Waals surface area contributed by atoms with Crippen molar-refractivity contribution in [2.45, 2.75) is 39.8 Å². The second-order valence-electron chi connectivity index (χ2n) is 6.62. The maximum absolute atomic E-state index is 12.5. The minimum absolute atomic E-state index is 0.0233. The van der Waals surface area contributed by atoms with Crippen LogP contribution >= 0.6 is 23.2 Å². The van der Waals surface area contributed by atoms with Crippen LogP contribution < -0.4 is 11.1 Å². The van der Waals surface area contributed by atoms with Crippen LogP contribution in [-0.2, 0) is 0 Å². The van der Waals surface area contributed by atoms with Gasteiger partial charge in [-0.15, -0.1) is 0 Å². The van der Waals surface area contributed by atoms with Gasteiger partial charge in [-0.05, 0) is 12.1 Å². The largest absolute Gasteiger partial charge is 0.348 e. The lowest BCUT2D eigenvalue weighted by Gasteiger charge is -2.62. The third-order valence-electron chi connectivity index (χ3n) is 4.56. The highest BCUT2D eigenvalue weighted by molar-refractivity contribution is 6.39. The Morgan fingerprint density at radius 3 is 2.05 bits per heavy atom. The number of nitrogens with one attached hydrogen (secondary N) is 1. The maximum Gasteiger partial charge on any atom is 0.254 e. The molecule has 0 saturated heterocycles. The van der Waals surface area contributed by atoms with E-state index in [1.54, 1.807) is 18.2 Å². The molecule has 2 rings (SSSR count). The maximum atomic E-state index is 12.5. The molecular formula is C15H20Cl2N2O. The Bertz CT molecular complexity index is 519. The summed E-state index contributed by atoms with van der Waals surface area (Å²) < 4.78 is 0. The van der Waals surface area contributed by atoms with Crippen LogP contribution in [0.3, 0.4) is 0 Å². The van der Waals surface area contributed by atoms with E-state index in [9.17, 15) is 4.79 Å². The molecule has 1 amide bonds. The average Bonchev–Trinajstić information content (AvgIpc) is 2.34. The summed E-state index contributed by atoms with van der Waals surface area (Å²) in [5.74, 6) is -0.251. The van der Waals surface area contributed by atoms with Gasteiger partial charge in [0.15, 0.2) is 0 Å². The predicted molar refractivity (Wildman–Crippen MR) is 83.3 cm³/mol. The number of carbonyl (C=O) groups is 1. The Balaban J connectivity index is 2.25. The van der Waals surface area contributed by atoms with E-state index < -0.39 is 0 Å². The van der Waals surface area contributed by atoms with E-state index in [1.165, 1.54) is 0 Å². The quantitative estimate of drug-likeness (QED) is 0.878. The van der Waals surface area contributed by atoms with Gasteiger partial charge in [0.25, 0.3) is 5.91 Å². The number of amides is 1. The summed E-state index contributed by atoms with van der Waals surface area (Å²) in [4.78, 5) is 12.5. The molecule has 20 heavy (non-hydrogen) atoms. The lowest BCUT2D eigenvalue weighted by molar-refractivity contribution is -0.0663. The molecule has 3 N–H and O–H groups in total. The molecule has 1 aromatic carbocycles. The van der Waals surface area contributed by atoms with Crippen LogP contribution in [-0.4, -0.2) is 18.0 Å². The first-order valence-electron chi connectivity index (χ1n) is 6.60. The zero-order valence-corrected chi connectivity index (χ0v) is 13.6. The summed E-state index contributed by atoms with van der Waals surface area (Å²) in [6, 6.07) is 5.04. The highest BCUT2D eigenvalue weighted by atomic mass is 35.5. The Morgan fingerprint density at radius 2 is 1.60 bits per heavy atom. The number of nitrogens with two attached hydrogens (primary N) is 1. The van der Waals surface area contributed by atoms with Crippen LogP contribution in [0.15, 0.2) is 18.2 Å². The first-order chi connectivity index (χ1) is 9.10. The summed E-state index contributed by atoms with van der Waals surface area (Å²) in [5, 5.41) is 3.75. The monoisotopic (exact) mass is 314 g/mol. The molecular weight excluding hydrogens is 295 g/mol. The van der Waals surface area contributed by atoms with Crippen molar-refractivity contribution in [3.05, 3.63) is 33.8 Å². The molecule has 1 aliphatic rings. The highest BCUT2D eigenvalue weighted by Crippen LogP contribution is 2.52. The van der Waals surface area contributed by atoms with Crippen molar-refractivity contribution in [3.8, 4) is 0 Å². The summed E-state index contributed by atoms with van der Waals surface area (Å²) >= 11 is 12.1. The van der Waals surface area contributed by atoms with Crippen LogP contribution in [0.5, 0.6) is 0 Å². The smallest absolute Gasteiger partial charge is 0.254 e. The van der Waals surface area contributed by atoms with E-state index in [1.807, 2.05) is 0 Å². The lowest BCUT2D eigenvalue weighted by atomic mass is 9.48. The molecule has 1 aliphatic carbocycles. The summed E-state index contributed by atoms with van der Waals surface area (Å²) in [7, 11) is 0. The SMILES string of the molecule is CC1(C)C(N)C(C)(C)C1NC(=O)c1c(Cl)cccc1Cl. The molecule has 5 heteroatoms. The van der Waals surface area contributed by atoms with Gasteiger partial charge in [0.05, 0.1) is 15.6 Å². The van der Waals surface area contributed by atoms with Gasteiger partial charge in [0.1, 0.15) is 0 Å². The number of halogens is 2. The lowest BCUT2D eigenvalue weighted by Crippen LogP contribution is -2.76. The fourth-order valence-corrected chi connectivity index (χ4v) is 4.04. The molecule has 0 bridgehead atoms. The summed E-state index contributed by atoms with van der Waals surface area (Å²) in [5.41, 5.74) is 6.20. The van der Waals surface area contributed by atoms with E-state index in [0.717, 1.165) is 0 Å². The van der Waals surface area contributed by atoms with Crippen LogP contribution in [0.25, 0.3) is 0 Å². The minimum atomic E-state index is -0.251. The third-order valence-corrected chi connectivity index (χ3v) is 5.19. The number of benzene rings is 1. The molecule has 0 heterocycles. The minimum Gasteiger partial charge on any atom is -0.348 e. The molecule has 0 spiro atoms. The van der Waals surface area contributed by atoms with Crippen molar-refractivity contribution in [2.24, 2.45) is 16.6 Å². The first-order valence-corrected chi connectivity index (χ1v) is 7.36. The van der Waals surface area contributed by atoms with Gasteiger partial charge in [-0.2, -0.15) is 0 Å². The first kappa shape index (κ1) is 15.6. The summed E-state index contributed by atoms with van der Waals surface area (Å²) in [6.07, 6.45) is 0. The van der Waals surface area contributed by atoms with Gasteiger partial charge in [-0.25, -0.2) is 0 Å². The van der Waals surface area contributed by atoms with E-state index in [4.69, 9.17) is 28.9 Å². The molecule has 1 saturated carbocycles. The molecule has 0 aromatic heterocycles. The van der Waals surface area contributed by atoms with E-state index in [0.29, 0.717) is 15.6 Å². The van der Waals surface area contributed by atoms with E-state index in [2.05, 4.69) is 33.0 Å². The van der Waals surface area contributed by atoms with Gasteiger partial charge in [0.2, 0.25) is 0 Å². The zero-order chi connectivity index (χ0) is 15.3. The number of hydrogen-bond acceptors (Lipinski definition) is 2. The molecule has 0 atom stereocenters. The van der Waals surface area contributed by atoms with E-state index in [-0.39, 0.29) is 28.8 Å². The highest BCUT2D eigenvalue weighted by Gasteiger charge is 2.60. The van der Waals surface area contributed by atoms with Gasteiger partial charge in [-0.3, -0.25) is 4.79 Å². The molecule has 110 valence electrons. The van der Waals surface area contributed by atoms with Gasteiger partial charge >= 0.3 is 0 Å². The average molecular weight is 315 g/mol. The molecule has 0 unspecified atom stereocenters. The molecule has 1 fully saturated rings. The third kappa shape index (κ3) is 2.22. The normalized spacial score (nSPS) is 26.8. The Morgan fingerprint density at radius 1 is 1.15 bits per heavy atom. The van der Waals surface area contributed by atoms with Gasteiger partial charge in [-0.1, -0.05) is 57.0 Å². The molecule has 3 nitrogen and oxygen atoms in total. The molecule has 0 radical (unpaired) electrons. The Hall–Kier alpha value is -0.770. The van der Waals surface area contributed by atoms with Gasteiger partial charge in [0, 0.05) is 22.9 Å². The van der Waals surface area contributed by atoms with Crippen LogP contribution in [0.1, 0.15) is 38.1 Å². The van der Waals surface area contributed by atoms with E-state index >= 15 is 0 Å². The van der Waals surface area contributed by atoms with Crippen LogP contribution in [0.2, 0.25) is 10.0 Å². The fraction of sp³-hybridized carbons (Fsp3) is 0.533. The van der Waals surface area contributed by atoms with Crippen molar-refractivity contribution in [1.82, 2.24) is 5.32 Å². The second kappa shape index (κ2) is 4.90. The topological polar surface area (TPSA) is 55.1 Å². The number of hydrogen-bond donors (Lipinski definition) is 2. The standard InChI is InChI=1S/C15H20Cl2N2O/c1-14(2)12(18)15(3,4)13(14)19-11(20)10-8(16)6-5-7-9(10)17/h5-7,12-13H,18H2,1-4H3,(H,19,20). The fourth-order valence-electron chi connectivity index (χ4n) is 3.47. The van der Waals surface area contributed by atoms with Crippen LogP contribution in [0, 0.1) is 10.8 Å². The van der Waals surface area contributed by atoms with Crippen molar-refractivity contribution in [2.75, 3.05) is 0 Å². The predicted octanol–water partition coefficient (Wildman–Crippen LogP) is 3.49. The Kier molecular flexibility index (Phi) is 3.83. The number of carbonyl (C=O) groups excluding carboxylic acids is 1. The van der Waals surface area contributed by atoms with Crippen molar-refractivity contribution in [3.63, 3.8) is 0 Å². The Labute approximate surface area is 129 Å². The summed E-state index contributed by atoms with van der Waals surface area (Å²) in [6.45, 7) is 8.23. The number of rotatable bonds is 2. The van der Waals surface area contributed by atoms with Crippen molar-refractivity contribution in [1.29, 1.82) is 0 Å². The van der Waals surface area contributed by atoms with Crippen molar-refractivity contribution >= 4 is 29.1 Å². The van der Waals surface area contributed by atoms with Gasteiger partial charge < -0.3 is 11.1 Å².